The smallest absolute Gasteiger partial charge is 0.423 e. The van der Waals surface area contributed by atoms with Crippen molar-refractivity contribution in [1.82, 2.24) is 0 Å². The fourth-order valence-corrected chi connectivity index (χ4v) is 8.41. The molecule has 0 radical (unpaired) electrons. The third kappa shape index (κ3) is 15.6. The van der Waals surface area contributed by atoms with Crippen LogP contribution in [-0.2, 0) is 12.4 Å². The molecule has 0 atom stereocenters. The second-order valence-corrected chi connectivity index (χ2v) is 16.3. The Labute approximate surface area is 369 Å². The van der Waals surface area contributed by atoms with Crippen molar-refractivity contribution in [2.45, 2.75) is 137 Å². The highest BCUT2D eigenvalue weighted by Gasteiger charge is 2.37. The highest BCUT2D eigenvalue weighted by atomic mass is 127. The molecule has 14 heteroatoms. The minimum Gasteiger partial charge on any atom is -0.423 e. The van der Waals surface area contributed by atoms with Crippen LogP contribution in [0.2, 0.25) is 0 Å². The van der Waals surface area contributed by atoms with Gasteiger partial charge >= 0.3 is 19.5 Å². The Morgan fingerprint density at radius 1 is 0.525 bits per heavy atom. The maximum Gasteiger partial charge on any atom is 0.488 e. The molecule has 0 aliphatic heterocycles. The van der Waals surface area contributed by atoms with Crippen molar-refractivity contribution in [2.75, 3.05) is 0 Å². The normalized spacial score (nSPS) is 18.7. The Hall–Kier alpha value is -3.11. The molecular formula is C47H60BF10IO2. The van der Waals surface area contributed by atoms with E-state index in [4.69, 9.17) is 10.0 Å². The second-order valence-electron chi connectivity index (χ2n) is 15.2. The number of benzene rings is 4. The van der Waals surface area contributed by atoms with Crippen LogP contribution in [0.15, 0.2) is 72.8 Å². The van der Waals surface area contributed by atoms with Crippen LogP contribution >= 0.6 is 22.6 Å². The SMILES string of the molecule is C.C.C.CCCC1CCC(c2ccc(-c3ccc(C(F)(F)F)c(F)c3F)cc2)CC1.CCCC1CCC(c2ccc(B(O)O)cc2)CC1.Fc1c(I)ccc(C(F)(F)F)c1F. The Balaban J connectivity index is 0.000000478. The molecule has 0 unspecified atom stereocenters. The maximum atomic E-state index is 14.2. The summed E-state index contributed by atoms with van der Waals surface area (Å²) < 4.78 is 127. The van der Waals surface area contributed by atoms with Crippen molar-refractivity contribution < 1.29 is 54.0 Å². The summed E-state index contributed by atoms with van der Waals surface area (Å²) in [7, 11) is -1.35. The fraction of sp³-hybridized carbons (Fsp3) is 0.489. The van der Waals surface area contributed by atoms with Crippen LogP contribution in [0.4, 0.5) is 43.9 Å². The Bertz CT molecular complexity index is 1880. The largest absolute Gasteiger partial charge is 0.488 e. The van der Waals surface area contributed by atoms with Gasteiger partial charge in [0.2, 0.25) is 0 Å². The summed E-state index contributed by atoms with van der Waals surface area (Å²) in [6, 6.07) is 17.8. The molecule has 4 aromatic carbocycles. The molecule has 2 nitrogen and oxygen atoms in total. The Kier molecular flexibility index (Phi) is 23.1. The zero-order valence-electron chi connectivity index (χ0n) is 32.4. The molecule has 2 saturated carbocycles. The lowest BCUT2D eigenvalue weighted by atomic mass is 9.75. The van der Waals surface area contributed by atoms with Crippen molar-refractivity contribution >= 4 is 35.2 Å². The molecule has 340 valence electrons. The second kappa shape index (κ2) is 25.3. The lowest BCUT2D eigenvalue weighted by Crippen LogP contribution is -2.29. The van der Waals surface area contributed by atoms with Crippen LogP contribution in [0.3, 0.4) is 0 Å². The topological polar surface area (TPSA) is 40.5 Å². The highest BCUT2D eigenvalue weighted by molar-refractivity contribution is 14.1. The zero-order valence-corrected chi connectivity index (χ0v) is 34.5. The van der Waals surface area contributed by atoms with Crippen LogP contribution in [0.5, 0.6) is 0 Å². The first-order chi connectivity index (χ1) is 27.3. The predicted octanol–water partition coefficient (Wildman–Crippen LogP) is 15.7. The molecule has 0 amide bonds. The van der Waals surface area contributed by atoms with Gasteiger partial charge in [-0.25, -0.2) is 17.6 Å². The van der Waals surface area contributed by atoms with E-state index in [1.807, 2.05) is 24.3 Å². The number of hydrogen-bond donors (Lipinski definition) is 2. The summed E-state index contributed by atoms with van der Waals surface area (Å²) in [6.45, 7) is 4.47. The lowest BCUT2D eigenvalue weighted by molar-refractivity contribution is -0.141. The summed E-state index contributed by atoms with van der Waals surface area (Å²) in [5.41, 5.74) is 0.158. The van der Waals surface area contributed by atoms with Crippen LogP contribution in [-0.4, -0.2) is 17.2 Å². The number of rotatable bonds is 8. The molecule has 2 fully saturated rings. The zero-order chi connectivity index (χ0) is 42.8. The molecule has 2 N–H and O–H groups in total. The van der Waals surface area contributed by atoms with Crippen molar-refractivity contribution in [3.8, 4) is 11.1 Å². The van der Waals surface area contributed by atoms with Crippen LogP contribution in [0, 0.1) is 38.7 Å². The quantitative estimate of drug-likeness (QED) is 0.0799. The van der Waals surface area contributed by atoms with Gasteiger partial charge < -0.3 is 10.0 Å². The predicted molar refractivity (Wildman–Crippen MR) is 237 cm³/mol. The van der Waals surface area contributed by atoms with Gasteiger partial charge in [-0.2, -0.15) is 26.3 Å². The summed E-state index contributed by atoms with van der Waals surface area (Å²) in [5.74, 6) is -3.75. The minimum atomic E-state index is -4.91. The van der Waals surface area contributed by atoms with Crippen LogP contribution < -0.4 is 5.46 Å². The summed E-state index contributed by atoms with van der Waals surface area (Å²) in [6.07, 6.45) is 5.31. The number of alkyl halides is 6. The van der Waals surface area contributed by atoms with Gasteiger partial charge in [0.05, 0.1) is 14.7 Å². The molecule has 61 heavy (non-hydrogen) atoms. The maximum absolute atomic E-state index is 14.2. The van der Waals surface area contributed by atoms with Crippen LogP contribution in [0.1, 0.15) is 147 Å². The summed E-state index contributed by atoms with van der Waals surface area (Å²) in [5, 5.41) is 18.1. The first-order valence-corrected chi connectivity index (χ1v) is 20.8. The molecule has 0 spiro atoms. The third-order valence-electron chi connectivity index (χ3n) is 11.2. The molecule has 0 saturated heterocycles. The Morgan fingerprint density at radius 3 is 1.28 bits per heavy atom. The van der Waals surface area contributed by atoms with Crippen molar-refractivity contribution in [3.63, 3.8) is 0 Å². The van der Waals surface area contributed by atoms with E-state index in [9.17, 15) is 43.9 Å². The molecule has 6 rings (SSSR count). The standard InChI is InChI=1S/C22H23F5.C15H23BO2.C7H2F5I.3CH4/c1-2-3-14-4-6-15(7-5-14)16-8-10-17(11-9-16)18-12-13-19(22(25,26)27)21(24)20(18)23;1-2-3-12-4-6-13(7-5-12)14-8-10-15(11-9-14)16(17)18;8-5-3(7(10,11)12)1-2-4(13)6(5)9;;;/h8-15H,2-7H2,1H3;8-13,17-18H,2-7H2,1H3;1-2H;3*1H4. The third-order valence-corrected chi connectivity index (χ3v) is 12.0. The average molecular weight is 985 g/mol. The van der Waals surface area contributed by atoms with E-state index in [0.717, 1.165) is 42.4 Å². The molecular weight excluding hydrogens is 924 g/mol. The van der Waals surface area contributed by atoms with Crippen molar-refractivity contribution in [3.05, 3.63) is 122 Å². The Morgan fingerprint density at radius 2 is 0.902 bits per heavy atom. The van der Waals surface area contributed by atoms with E-state index in [0.29, 0.717) is 35.0 Å². The van der Waals surface area contributed by atoms with E-state index < -0.39 is 53.9 Å². The van der Waals surface area contributed by atoms with Gasteiger partial charge in [0.15, 0.2) is 23.3 Å². The minimum absolute atomic E-state index is 0. The summed E-state index contributed by atoms with van der Waals surface area (Å²) >= 11 is 1.41. The summed E-state index contributed by atoms with van der Waals surface area (Å²) in [4.78, 5) is 0. The first kappa shape index (κ1) is 55.9. The van der Waals surface area contributed by atoms with Gasteiger partial charge in [-0.3, -0.25) is 0 Å². The first-order valence-electron chi connectivity index (χ1n) is 19.7. The number of hydrogen-bond acceptors (Lipinski definition) is 2. The van der Waals surface area contributed by atoms with E-state index in [1.165, 1.54) is 92.4 Å². The molecule has 4 aromatic rings. The fourth-order valence-electron chi connectivity index (χ4n) is 8.00. The number of halogens is 11. The monoisotopic (exact) mass is 984 g/mol. The molecule has 0 heterocycles. The van der Waals surface area contributed by atoms with E-state index in [1.54, 1.807) is 12.1 Å². The van der Waals surface area contributed by atoms with E-state index in [2.05, 4.69) is 26.0 Å². The lowest BCUT2D eigenvalue weighted by Gasteiger charge is -2.28. The molecule has 2 aliphatic carbocycles. The van der Waals surface area contributed by atoms with Gasteiger partial charge in [-0.15, -0.1) is 0 Å². The van der Waals surface area contributed by atoms with E-state index in [-0.39, 0.29) is 31.4 Å². The average Bonchev–Trinajstić information content (AvgIpc) is 3.18. The van der Waals surface area contributed by atoms with Gasteiger partial charge in [-0.1, -0.05) is 116 Å². The highest BCUT2D eigenvalue weighted by Crippen LogP contribution is 2.40. The van der Waals surface area contributed by atoms with Gasteiger partial charge in [0.1, 0.15) is 0 Å². The molecule has 2 aliphatic rings. The molecule has 0 aromatic heterocycles. The van der Waals surface area contributed by atoms with Gasteiger partial charge in [-0.05, 0) is 138 Å². The molecule has 0 bridgehead atoms. The van der Waals surface area contributed by atoms with E-state index >= 15 is 0 Å². The van der Waals surface area contributed by atoms with Crippen molar-refractivity contribution in [2.24, 2.45) is 11.8 Å². The van der Waals surface area contributed by atoms with Gasteiger partial charge in [0.25, 0.3) is 0 Å². The van der Waals surface area contributed by atoms with Crippen molar-refractivity contribution in [1.29, 1.82) is 0 Å². The van der Waals surface area contributed by atoms with Crippen LogP contribution in [0.25, 0.3) is 11.1 Å². The van der Waals surface area contributed by atoms with Gasteiger partial charge in [0, 0.05) is 5.56 Å².